The minimum Gasteiger partial charge on any atom is -0.463 e. The molecule has 0 radical (unpaired) electrons. The van der Waals surface area contributed by atoms with Gasteiger partial charge in [0.2, 0.25) is 0 Å². The van der Waals surface area contributed by atoms with Crippen LogP contribution in [0.3, 0.4) is 0 Å². The van der Waals surface area contributed by atoms with Crippen molar-refractivity contribution in [3.63, 3.8) is 0 Å². The van der Waals surface area contributed by atoms with Gasteiger partial charge >= 0.3 is 5.97 Å². The highest BCUT2D eigenvalue weighted by atomic mass is 16.5. The number of carbonyl (C=O) groups is 1. The summed E-state index contributed by atoms with van der Waals surface area (Å²) in [5.41, 5.74) is 0.788. The average molecular weight is 363 g/mol. The molecule has 1 N–H and O–H groups in total. The zero-order valence-corrected chi connectivity index (χ0v) is 17.2. The number of hydrogen-bond donors (Lipinski definition) is 1. The van der Waals surface area contributed by atoms with Crippen LogP contribution in [0.4, 0.5) is 0 Å². The van der Waals surface area contributed by atoms with Crippen LogP contribution in [0, 0.1) is 40.4 Å². The number of hydrogen-bond acceptors (Lipinski definition) is 3. The summed E-state index contributed by atoms with van der Waals surface area (Å²) in [6.07, 6.45) is 11.1. The van der Waals surface area contributed by atoms with Crippen LogP contribution in [0.5, 0.6) is 0 Å². The van der Waals surface area contributed by atoms with Gasteiger partial charge in [0.15, 0.2) is 0 Å². The van der Waals surface area contributed by atoms with Crippen LogP contribution < -0.4 is 0 Å². The zero-order valence-electron chi connectivity index (χ0n) is 17.2. The molecule has 0 bridgehead atoms. The lowest BCUT2D eigenvalue weighted by atomic mass is 9.44. The predicted octanol–water partition coefficient (Wildman–Crippen LogP) is 4.96. The number of aliphatic hydroxyl groups excluding tert-OH is 1. The Bertz CT molecular complexity index is 560. The summed E-state index contributed by atoms with van der Waals surface area (Å²) in [7, 11) is 0. The molecule has 0 unspecified atom stereocenters. The third-order valence-electron chi connectivity index (χ3n) is 9.63. The summed E-state index contributed by atoms with van der Waals surface area (Å²) >= 11 is 0. The second kappa shape index (κ2) is 6.50. The molecule has 0 aromatic heterocycles. The maximum Gasteiger partial charge on any atom is 0.302 e. The Labute approximate surface area is 159 Å². The van der Waals surface area contributed by atoms with Crippen LogP contribution in [0.1, 0.15) is 85.5 Å². The third-order valence-corrected chi connectivity index (χ3v) is 9.63. The highest BCUT2D eigenvalue weighted by Gasteiger charge is 2.60. The number of rotatable bonds is 2. The molecule has 0 aromatic rings. The Kier molecular flexibility index (Phi) is 4.69. The first kappa shape index (κ1) is 18.8. The zero-order chi connectivity index (χ0) is 18.7. The minimum absolute atomic E-state index is 0.0517. The Hall–Kier alpha value is -0.570. The van der Waals surface area contributed by atoms with E-state index in [2.05, 4.69) is 20.8 Å². The van der Waals surface area contributed by atoms with Gasteiger partial charge in [-0.3, -0.25) is 4.79 Å². The standard InChI is InChI=1S/C23H38O3/c1-14(26-15(2)24)19-7-8-20-18-6-5-16-13-17(25)9-11-22(16,3)21(18)10-12-23(19,20)4/h14,16-21,25H,5-13H2,1-4H3/t14-,16+,17+,18+,19-,20+,21+,22+,23-/m1/s1. The molecule has 4 rings (SSSR count). The molecule has 4 aliphatic rings. The maximum absolute atomic E-state index is 11.5. The normalized spacial score (nSPS) is 51.7. The van der Waals surface area contributed by atoms with Gasteiger partial charge < -0.3 is 9.84 Å². The molecular formula is C23H38O3. The van der Waals surface area contributed by atoms with E-state index in [-0.39, 0.29) is 18.2 Å². The van der Waals surface area contributed by atoms with Crippen molar-refractivity contribution in [2.24, 2.45) is 40.4 Å². The Morgan fingerprint density at radius 2 is 1.69 bits per heavy atom. The fourth-order valence-corrected chi connectivity index (χ4v) is 8.39. The van der Waals surface area contributed by atoms with Crippen molar-refractivity contribution in [2.45, 2.75) is 97.7 Å². The molecule has 0 aliphatic heterocycles. The smallest absolute Gasteiger partial charge is 0.302 e. The van der Waals surface area contributed by atoms with Gasteiger partial charge in [0.25, 0.3) is 0 Å². The largest absolute Gasteiger partial charge is 0.463 e. The van der Waals surface area contributed by atoms with Crippen molar-refractivity contribution in [2.75, 3.05) is 0 Å². The van der Waals surface area contributed by atoms with Crippen LogP contribution in [-0.2, 0) is 9.53 Å². The number of carbonyl (C=O) groups excluding carboxylic acids is 1. The molecule has 4 fully saturated rings. The van der Waals surface area contributed by atoms with Crippen molar-refractivity contribution in [3.8, 4) is 0 Å². The van der Waals surface area contributed by atoms with Gasteiger partial charge in [-0.2, -0.15) is 0 Å². The fourth-order valence-electron chi connectivity index (χ4n) is 8.39. The van der Waals surface area contributed by atoms with E-state index in [1.165, 1.54) is 44.9 Å². The molecule has 9 atom stereocenters. The topological polar surface area (TPSA) is 46.5 Å². The van der Waals surface area contributed by atoms with Gasteiger partial charge in [-0.05, 0) is 99.2 Å². The third kappa shape index (κ3) is 2.75. The van der Waals surface area contributed by atoms with Gasteiger partial charge in [0.05, 0.1) is 6.10 Å². The number of fused-ring (bicyclic) bond motifs is 5. The Balaban J connectivity index is 1.55. The molecule has 4 aliphatic carbocycles. The van der Waals surface area contributed by atoms with Crippen molar-refractivity contribution < 1.29 is 14.6 Å². The lowest BCUT2D eigenvalue weighted by molar-refractivity contribution is -0.156. The Morgan fingerprint density at radius 3 is 2.42 bits per heavy atom. The van der Waals surface area contributed by atoms with E-state index in [0.717, 1.165) is 36.5 Å². The fraction of sp³-hybridized carbons (Fsp3) is 0.957. The highest BCUT2D eigenvalue weighted by molar-refractivity contribution is 5.66. The van der Waals surface area contributed by atoms with E-state index in [0.29, 0.717) is 16.7 Å². The molecule has 0 saturated heterocycles. The monoisotopic (exact) mass is 362 g/mol. The van der Waals surface area contributed by atoms with E-state index in [9.17, 15) is 9.90 Å². The summed E-state index contributed by atoms with van der Waals surface area (Å²) in [4.78, 5) is 11.5. The van der Waals surface area contributed by atoms with E-state index >= 15 is 0 Å². The molecule has 0 heterocycles. The highest BCUT2D eigenvalue weighted by Crippen LogP contribution is 2.67. The van der Waals surface area contributed by atoms with Crippen LogP contribution in [0.25, 0.3) is 0 Å². The average Bonchev–Trinajstić information content (AvgIpc) is 2.92. The van der Waals surface area contributed by atoms with Crippen molar-refractivity contribution in [3.05, 3.63) is 0 Å². The summed E-state index contributed by atoms with van der Waals surface area (Å²) in [6, 6.07) is 0. The summed E-state index contributed by atoms with van der Waals surface area (Å²) in [5.74, 6) is 3.61. The van der Waals surface area contributed by atoms with E-state index in [1.54, 1.807) is 6.92 Å². The molecule has 0 spiro atoms. The second-order valence-corrected chi connectivity index (χ2v) is 10.6. The SMILES string of the molecule is CC(=O)O[C@H](C)[C@H]1CC[C@H]2[C@@H]3CC[C@H]4C[C@@H](O)CC[C@]4(C)[C@H]3CC[C@]12C. The van der Waals surface area contributed by atoms with Gasteiger partial charge in [0, 0.05) is 12.8 Å². The van der Waals surface area contributed by atoms with Gasteiger partial charge in [-0.1, -0.05) is 13.8 Å². The number of esters is 1. The summed E-state index contributed by atoms with van der Waals surface area (Å²) in [6.45, 7) is 8.72. The molecule has 0 aromatic carbocycles. The summed E-state index contributed by atoms with van der Waals surface area (Å²) in [5, 5.41) is 10.2. The maximum atomic E-state index is 11.5. The predicted molar refractivity (Wildman–Crippen MR) is 102 cm³/mol. The van der Waals surface area contributed by atoms with Gasteiger partial charge in [-0.25, -0.2) is 0 Å². The van der Waals surface area contributed by atoms with Gasteiger partial charge in [0.1, 0.15) is 6.10 Å². The van der Waals surface area contributed by atoms with Crippen LogP contribution in [0.15, 0.2) is 0 Å². The molecule has 148 valence electrons. The second-order valence-electron chi connectivity index (χ2n) is 10.6. The Morgan fingerprint density at radius 1 is 1.00 bits per heavy atom. The molecular weight excluding hydrogens is 324 g/mol. The molecule has 0 amide bonds. The van der Waals surface area contributed by atoms with Crippen LogP contribution >= 0.6 is 0 Å². The number of ether oxygens (including phenoxy) is 1. The number of aliphatic hydroxyl groups is 1. The first-order valence-electron chi connectivity index (χ1n) is 11.1. The van der Waals surface area contributed by atoms with E-state index in [1.807, 2.05) is 0 Å². The summed E-state index contributed by atoms with van der Waals surface area (Å²) < 4.78 is 5.64. The molecule has 3 nitrogen and oxygen atoms in total. The molecule has 26 heavy (non-hydrogen) atoms. The van der Waals surface area contributed by atoms with Gasteiger partial charge in [-0.15, -0.1) is 0 Å². The quantitative estimate of drug-likeness (QED) is 0.706. The van der Waals surface area contributed by atoms with Crippen LogP contribution in [-0.4, -0.2) is 23.3 Å². The lowest BCUT2D eigenvalue weighted by Gasteiger charge is -2.61. The molecule has 4 saturated carbocycles. The first-order valence-corrected chi connectivity index (χ1v) is 11.1. The lowest BCUT2D eigenvalue weighted by Crippen LogP contribution is -2.54. The van der Waals surface area contributed by atoms with Crippen molar-refractivity contribution in [1.29, 1.82) is 0 Å². The van der Waals surface area contributed by atoms with Crippen molar-refractivity contribution in [1.82, 2.24) is 0 Å². The van der Waals surface area contributed by atoms with E-state index < -0.39 is 0 Å². The molecule has 3 heteroatoms. The minimum atomic E-state index is -0.132. The van der Waals surface area contributed by atoms with Crippen LogP contribution in [0.2, 0.25) is 0 Å². The van der Waals surface area contributed by atoms with E-state index in [4.69, 9.17) is 4.74 Å². The van der Waals surface area contributed by atoms with Crippen molar-refractivity contribution >= 4 is 5.97 Å². The first-order chi connectivity index (χ1) is 12.3.